The Labute approximate surface area is 106 Å². The molecule has 0 N–H and O–H groups in total. The number of anilines is 1. The van der Waals surface area contributed by atoms with Crippen molar-refractivity contribution < 1.29 is 9.59 Å². The van der Waals surface area contributed by atoms with Crippen molar-refractivity contribution >= 4 is 17.5 Å². The third-order valence-corrected chi connectivity index (χ3v) is 3.21. The van der Waals surface area contributed by atoms with E-state index in [0.717, 1.165) is 5.56 Å². The average molecular weight is 242 g/mol. The summed E-state index contributed by atoms with van der Waals surface area (Å²) in [6, 6.07) is 7.04. The molecule has 2 amide bonds. The first-order valence-corrected chi connectivity index (χ1v) is 5.75. The number of hydrogen-bond donors (Lipinski definition) is 0. The van der Waals surface area contributed by atoms with Crippen LogP contribution in [0.1, 0.15) is 31.4 Å². The minimum Gasteiger partial charge on any atom is -0.274 e. The lowest BCUT2D eigenvalue weighted by Gasteiger charge is -2.18. The Morgan fingerprint density at radius 1 is 1.33 bits per heavy atom. The predicted octanol–water partition coefficient (Wildman–Crippen LogP) is 2.16. The SMILES string of the molecule is Cc1cc(N2C(=O)CC(C)(C)C2=O)ccc1C#N. The van der Waals surface area contributed by atoms with E-state index < -0.39 is 5.41 Å². The van der Waals surface area contributed by atoms with Crippen LogP contribution in [0.3, 0.4) is 0 Å². The van der Waals surface area contributed by atoms with E-state index in [-0.39, 0.29) is 18.2 Å². The highest BCUT2D eigenvalue weighted by Gasteiger charge is 2.45. The van der Waals surface area contributed by atoms with Gasteiger partial charge in [0.05, 0.1) is 22.7 Å². The van der Waals surface area contributed by atoms with Gasteiger partial charge in [-0.1, -0.05) is 13.8 Å². The van der Waals surface area contributed by atoms with Crippen LogP contribution < -0.4 is 4.90 Å². The Balaban J connectivity index is 2.45. The third kappa shape index (κ3) is 1.78. The summed E-state index contributed by atoms with van der Waals surface area (Å²) < 4.78 is 0. The first kappa shape index (κ1) is 12.3. The summed E-state index contributed by atoms with van der Waals surface area (Å²) in [6.07, 6.45) is 0.227. The van der Waals surface area contributed by atoms with Crippen LogP contribution in [0, 0.1) is 23.7 Å². The van der Waals surface area contributed by atoms with Crippen molar-refractivity contribution in [2.75, 3.05) is 4.90 Å². The van der Waals surface area contributed by atoms with E-state index in [9.17, 15) is 9.59 Å². The van der Waals surface area contributed by atoms with Crippen molar-refractivity contribution in [1.82, 2.24) is 0 Å². The van der Waals surface area contributed by atoms with Gasteiger partial charge in [-0.05, 0) is 30.7 Å². The molecule has 1 fully saturated rings. The van der Waals surface area contributed by atoms with E-state index >= 15 is 0 Å². The van der Waals surface area contributed by atoms with Crippen molar-refractivity contribution in [3.63, 3.8) is 0 Å². The highest BCUT2D eigenvalue weighted by Crippen LogP contribution is 2.35. The summed E-state index contributed by atoms with van der Waals surface area (Å²) in [7, 11) is 0. The number of amides is 2. The van der Waals surface area contributed by atoms with E-state index in [1.807, 2.05) is 0 Å². The number of nitrogens with zero attached hydrogens (tertiary/aromatic N) is 2. The zero-order valence-corrected chi connectivity index (χ0v) is 10.7. The summed E-state index contributed by atoms with van der Waals surface area (Å²) in [5, 5.41) is 8.86. The van der Waals surface area contributed by atoms with Gasteiger partial charge in [-0.15, -0.1) is 0 Å². The summed E-state index contributed by atoms with van der Waals surface area (Å²) in [5.41, 5.74) is 1.23. The molecule has 4 heteroatoms. The van der Waals surface area contributed by atoms with Crippen LogP contribution in [-0.2, 0) is 9.59 Å². The molecule has 0 aliphatic carbocycles. The number of imide groups is 1. The molecule has 1 aromatic carbocycles. The molecule has 0 saturated carbocycles. The first-order valence-electron chi connectivity index (χ1n) is 5.75. The van der Waals surface area contributed by atoms with Gasteiger partial charge in [0.1, 0.15) is 0 Å². The molecule has 0 atom stereocenters. The van der Waals surface area contributed by atoms with Crippen molar-refractivity contribution in [2.45, 2.75) is 27.2 Å². The van der Waals surface area contributed by atoms with Crippen LogP contribution in [0.15, 0.2) is 18.2 Å². The fourth-order valence-corrected chi connectivity index (χ4v) is 2.12. The Bertz CT molecular complexity index is 582. The fourth-order valence-electron chi connectivity index (χ4n) is 2.12. The van der Waals surface area contributed by atoms with Gasteiger partial charge in [0.15, 0.2) is 0 Å². The second-order valence-electron chi connectivity index (χ2n) is 5.21. The number of rotatable bonds is 1. The van der Waals surface area contributed by atoms with Crippen LogP contribution in [-0.4, -0.2) is 11.8 Å². The molecule has 0 spiro atoms. The quantitative estimate of drug-likeness (QED) is 0.709. The van der Waals surface area contributed by atoms with Crippen LogP contribution in [0.2, 0.25) is 0 Å². The molecular formula is C14H14N2O2. The van der Waals surface area contributed by atoms with Crippen LogP contribution in [0.4, 0.5) is 5.69 Å². The highest BCUT2D eigenvalue weighted by atomic mass is 16.2. The Hall–Kier alpha value is -2.15. The van der Waals surface area contributed by atoms with E-state index in [2.05, 4.69) is 6.07 Å². The van der Waals surface area contributed by atoms with Crippen LogP contribution >= 0.6 is 0 Å². The minimum atomic E-state index is -0.640. The Morgan fingerprint density at radius 3 is 2.44 bits per heavy atom. The van der Waals surface area contributed by atoms with Gasteiger partial charge < -0.3 is 0 Å². The molecule has 92 valence electrons. The smallest absolute Gasteiger partial charge is 0.239 e. The molecule has 0 radical (unpaired) electrons. The minimum absolute atomic E-state index is 0.184. The maximum atomic E-state index is 12.1. The molecule has 18 heavy (non-hydrogen) atoms. The highest BCUT2D eigenvalue weighted by molar-refractivity contribution is 6.22. The van der Waals surface area contributed by atoms with E-state index in [0.29, 0.717) is 11.3 Å². The first-order chi connectivity index (χ1) is 8.36. The molecule has 1 aromatic rings. The number of aryl methyl sites for hydroxylation is 1. The molecule has 1 aliphatic heterocycles. The lowest BCUT2D eigenvalue weighted by atomic mass is 9.92. The van der Waals surface area contributed by atoms with Crippen molar-refractivity contribution in [3.8, 4) is 6.07 Å². The van der Waals surface area contributed by atoms with Gasteiger partial charge in [-0.2, -0.15) is 5.26 Å². The maximum absolute atomic E-state index is 12.1. The van der Waals surface area contributed by atoms with Crippen molar-refractivity contribution in [3.05, 3.63) is 29.3 Å². The molecule has 0 bridgehead atoms. The second kappa shape index (κ2) is 3.95. The lowest BCUT2D eigenvalue weighted by Crippen LogP contribution is -2.33. The molecule has 0 unspecified atom stereocenters. The summed E-state index contributed by atoms with van der Waals surface area (Å²) >= 11 is 0. The standard InChI is InChI=1S/C14H14N2O2/c1-9-6-11(5-4-10(9)8-15)16-12(17)7-14(2,3)13(16)18/h4-6H,7H2,1-3H3. The zero-order valence-electron chi connectivity index (χ0n) is 10.7. The van der Waals surface area contributed by atoms with Gasteiger partial charge in [-0.3, -0.25) is 14.5 Å². The average Bonchev–Trinajstić information content (AvgIpc) is 2.48. The molecule has 1 saturated heterocycles. The number of carbonyl (C=O) groups is 2. The van der Waals surface area contributed by atoms with E-state index in [1.165, 1.54) is 4.90 Å². The monoisotopic (exact) mass is 242 g/mol. The summed E-state index contributed by atoms with van der Waals surface area (Å²) in [4.78, 5) is 25.3. The summed E-state index contributed by atoms with van der Waals surface area (Å²) in [6.45, 7) is 5.33. The van der Waals surface area contributed by atoms with Gasteiger partial charge >= 0.3 is 0 Å². The molecule has 1 aliphatic rings. The topological polar surface area (TPSA) is 61.2 Å². The van der Waals surface area contributed by atoms with Crippen LogP contribution in [0.25, 0.3) is 0 Å². The Morgan fingerprint density at radius 2 is 2.00 bits per heavy atom. The summed E-state index contributed by atoms with van der Waals surface area (Å²) in [5.74, 6) is -0.370. The van der Waals surface area contributed by atoms with Gasteiger partial charge in [0.2, 0.25) is 11.8 Å². The Kier molecular flexibility index (Phi) is 2.70. The normalized spacial score (nSPS) is 18.0. The molecule has 2 rings (SSSR count). The zero-order chi connectivity index (χ0) is 13.5. The lowest BCUT2D eigenvalue weighted by molar-refractivity contribution is -0.124. The molecular weight excluding hydrogens is 228 g/mol. The van der Waals surface area contributed by atoms with Crippen LogP contribution in [0.5, 0.6) is 0 Å². The molecule has 1 heterocycles. The van der Waals surface area contributed by atoms with Gasteiger partial charge in [-0.25, -0.2) is 0 Å². The number of benzene rings is 1. The van der Waals surface area contributed by atoms with E-state index in [4.69, 9.17) is 5.26 Å². The van der Waals surface area contributed by atoms with Crippen molar-refractivity contribution in [1.29, 1.82) is 5.26 Å². The number of carbonyl (C=O) groups excluding carboxylic acids is 2. The predicted molar refractivity (Wildman–Crippen MR) is 66.8 cm³/mol. The van der Waals surface area contributed by atoms with Gasteiger partial charge in [0, 0.05) is 6.42 Å². The number of hydrogen-bond acceptors (Lipinski definition) is 3. The largest absolute Gasteiger partial charge is 0.274 e. The van der Waals surface area contributed by atoms with Crippen molar-refractivity contribution in [2.24, 2.45) is 5.41 Å². The number of nitriles is 1. The molecule has 0 aromatic heterocycles. The fraction of sp³-hybridized carbons (Fsp3) is 0.357. The molecule has 4 nitrogen and oxygen atoms in total. The van der Waals surface area contributed by atoms with Gasteiger partial charge in [0.25, 0.3) is 0 Å². The second-order valence-corrected chi connectivity index (χ2v) is 5.21. The third-order valence-electron chi connectivity index (χ3n) is 3.21. The van der Waals surface area contributed by atoms with E-state index in [1.54, 1.807) is 39.0 Å². The maximum Gasteiger partial charge on any atom is 0.239 e.